The molecule has 3 aromatic rings. The van der Waals surface area contributed by atoms with Crippen LogP contribution in [0, 0.1) is 0 Å². The Balaban J connectivity index is 1.84. The van der Waals surface area contributed by atoms with Gasteiger partial charge in [-0.25, -0.2) is 4.67 Å². The Morgan fingerprint density at radius 2 is 1.21 bits per heavy atom. The SMILES string of the molecule is C[Si](C)(C)/C=C/[C@H]1[C@H](c2ccccc2)N1P(=O)(c1ccccc1)c1ccccc1. The highest BCUT2D eigenvalue weighted by Gasteiger charge is 2.57. The molecule has 0 aromatic heterocycles. The van der Waals surface area contributed by atoms with Crippen LogP contribution in [0.3, 0.4) is 0 Å². The van der Waals surface area contributed by atoms with Crippen LogP contribution in [-0.4, -0.2) is 18.8 Å². The van der Waals surface area contributed by atoms with Crippen molar-refractivity contribution in [1.82, 2.24) is 4.67 Å². The van der Waals surface area contributed by atoms with Crippen LogP contribution in [0.1, 0.15) is 11.6 Å². The Bertz CT molecular complexity index is 985. The van der Waals surface area contributed by atoms with Crippen molar-refractivity contribution in [2.75, 3.05) is 0 Å². The minimum atomic E-state index is -2.95. The maximum Gasteiger partial charge on any atom is 0.208 e. The van der Waals surface area contributed by atoms with Crippen molar-refractivity contribution in [3.05, 3.63) is 108 Å². The van der Waals surface area contributed by atoms with Crippen molar-refractivity contribution < 1.29 is 4.57 Å². The number of benzene rings is 3. The second kappa shape index (κ2) is 7.91. The van der Waals surface area contributed by atoms with Crippen LogP contribution >= 0.6 is 7.29 Å². The lowest BCUT2D eigenvalue weighted by atomic mass is 10.1. The molecule has 1 aliphatic heterocycles. The molecule has 4 rings (SSSR count). The van der Waals surface area contributed by atoms with Crippen molar-refractivity contribution >= 4 is 26.0 Å². The van der Waals surface area contributed by atoms with E-state index in [4.69, 9.17) is 0 Å². The molecule has 148 valence electrons. The first-order valence-corrected chi connectivity index (χ1v) is 15.4. The van der Waals surface area contributed by atoms with Gasteiger partial charge < -0.3 is 0 Å². The highest BCUT2D eigenvalue weighted by atomic mass is 31.2. The second-order valence-electron chi connectivity index (χ2n) is 8.70. The van der Waals surface area contributed by atoms with Gasteiger partial charge in [-0.15, -0.1) is 0 Å². The highest BCUT2D eigenvalue weighted by Crippen LogP contribution is 2.64. The van der Waals surface area contributed by atoms with Crippen molar-refractivity contribution in [2.24, 2.45) is 0 Å². The number of hydrogen-bond donors (Lipinski definition) is 0. The van der Waals surface area contributed by atoms with Crippen molar-refractivity contribution in [2.45, 2.75) is 31.7 Å². The summed E-state index contributed by atoms with van der Waals surface area (Å²) in [5.74, 6) is 0. The quantitative estimate of drug-likeness (QED) is 0.288. The fourth-order valence-electron chi connectivity index (χ4n) is 3.86. The molecule has 1 aliphatic rings. The van der Waals surface area contributed by atoms with E-state index in [0.29, 0.717) is 0 Å². The summed E-state index contributed by atoms with van der Waals surface area (Å²) in [7, 11) is -4.30. The Morgan fingerprint density at radius 1 is 0.759 bits per heavy atom. The summed E-state index contributed by atoms with van der Waals surface area (Å²) in [5.41, 5.74) is 3.61. The molecular formula is C25H28NOPSi. The van der Waals surface area contributed by atoms with E-state index in [-0.39, 0.29) is 12.1 Å². The Morgan fingerprint density at radius 3 is 1.66 bits per heavy atom. The zero-order valence-corrected chi connectivity index (χ0v) is 19.2. The van der Waals surface area contributed by atoms with E-state index < -0.39 is 15.4 Å². The first kappa shape index (κ1) is 20.1. The van der Waals surface area contributed by atoms with E-state index in [1.54, 1.807) is 0 Å². The maximum absolute atomic E-state index is 14.8. The third-order valence-electron chi connectivity index (χ3n) is 5.30. The first-order valence-electron chi connectivity index (χ1n) is 10.2. The topological polar surface area (TPSA) is 20.1 Å². The molecule has 0 spiro atoms. The van der Waals surface area contributed by atoms with Crippen molar-refractivity contribution in [3.63, 3.8) is 0 Å². The average Bonchev–Trinajstić information content (AvgIpc) is 3.48. The summed E-state index contributed by atoms with van der Waals surface area (Å²) < 4.78 is 17.0. The summed E-state index contributed by atoms with van der Waals surface area (Å²) in [6.07, 6.45) is 2.31. The van der Waals surface area contributed by atoms with Crippen LogP contribution in [0.5, 0.6) is 0 Å². The number of nitrogens with zero attached hydrogens (tertiary/aromatic N) is 1. The molecule has 3 aromatic carbocycles. The predicted octanol–water partition coefficient (Wildman–Crippen LogP) is 5.77. The fourth-order valence-corrected chi connectivity index (χ4v) is 7.76. The standard InChI is InChI=1S/C25H28NOPSi/c1-29(2,3)20-19-24-25(21-13-7-4-8-14-21)26(24)28(27,22-15-9-5-10-16-22)23-17-11-6-12-18-23/h4-20,24-25H,1-3H3/b20-19+/t24-,25-,26?/m0/s1. The molecule has 2 nitrogen and oxygen atoms in total. The van der Waals surface area contributed by atoms with Gasteiger partial charge in [0, 0.05) is 10.6 Å². The Hall–Kier alpha value is -2.19. The van der Waals surface area contributed by atoms with Gasteiger partial charge in [0.15, 0.2) is 0 Å². The lowest BCUT2D eigenvalue weighted by Gasteiger charge is -2.22. The molecule has 0 amide bonds. The Kier molecular flexibility index (Phi) is 5.48. The lowest BCUT2D eigenvalue weighted by Crippen LogP contribution is -2.22. The zero-order valence-electron chi connectivity index (χ0n) is 17.3. The van der Waals surface area contributed by atoms with Crippen LogP contribution in [0.4, 0.5) is 0 Å². The van der Waals surface area contributed by atoms with Gasteiger partial charge in [-0.1, -0.05) is 98.1 Å². The minimum Gasteiger partial charge on any atom is -0.296 e. The third kappa shape index (κ3) is 4.09. The zero-order chi connectivity index (χ0) is 20.5. The molecule has 1 saturated heterocycles. The van der Waals surface area contributed by atoms with E-state index in [9.17, 15) is 4.57 Å². The molecule has 1 heterocycles. The van der Waals surface area contributed by atoms with Gasteiger partial charge in [0.1, 0.15) is 0 Å². The summed E-state index contributed by atoms with van der Waals surface area (Å²) in [6, 6.07) is 30.7. The predicted molar refractivity (Wildman–Crippen MR) is 127 cm³/mol. The molecule has 29 heavy (non-hydrogen) atoms. The fraction of sp³-hybridized carbons (Fsp3) is 0.200. The van der Waals surface area contributed by atoms with Gasteiger partial charge >= 0.3 is 0 Å². The van der Waals surface area contributed by atoms with Gasteiger partial charge in [-0.2, -0.15) is 0 Å². The molecule has 3 atom stereocenters. The van der Waals surface area contributed by atoms with Gasteiger partial charge in [-0.3, -0.25) is 4.57 Å². The van der Waals surface area contributed by atoms with Crippen LogP contribution < -0.4 is 10.6 Å². The molecule has 0 bridgehead atoms. The summed E-state index contributed by atoms with van der Waals surface area (Å²) in [5, 5.41) is 1.80. The molecule has 0 saturated carbocycles. The third-order valence-corrected chi connectivity index (χ3v) is 9.65. The van der Waals surface area contributed by atoms with Crippen LogP contribution in [-0.2, 0) is 4.57 Å². The van der Waals surface area contributed by atoms with Crippen LogP contribution in [0.25, 0.3) is 0 Å². The summed E-state index contributed by atoms with van der Waals surface area (Å²) >= 11 is 0. The molecule has 0 radical (unpaired) electrons. The number of rotatable bonds is 6. The van der Waals surface area contributed by atoms with Crippen molar-refractivity contribution in [1.29, 1.82) is 0 Å². The molecular weight excluding hydrogens is 389 g/mol. The van der Waals surface area contributed by atoms with Gasteiger partial charge in [-0.05, 0) is 29.8 Å². The van der Waals surface area contributed by atoms with E-state index in [0.717, 1.165) is 10.6 Å². The summed E-state index contributed by atoms with van der Waals surface area (Å²) in [6.45, 7) is 7.01. The monoisotopic (exact) mass is 417 g/mol. The maximum atomic E-state index is 14.8. The van der Waals surface area contributed by atoms with E-state index in [1.807, 2.05) is 66.7 Å². The number of hydrogen-bond acceptors (Lipinski definition) is 1. The highest BCUT2D eigenvalue weighted by molar-refractivity contribution is 7.76. The van der Waals surface area contributed by atoms with E-state index in [1.165, 1.54) is 5.56 Å². The molecule has 1 fully saturated rings. The Labute approximate surface area is 175 Å². The lowest BCUT2D eigenvalue weighted by molar-refractivity contribution is 0.557. The summed E-state index contributed by atoms with van der Waals surface area (Å²) in [4.78, 5) is 0. The van der Waals surface area contributed by atoms with E-state index in [2.05, 4.69) is 60.4 Å². The molecule has 0 N–H and O–H groups in total. The average molecular weight is 418 g/mol. The smallest absolute Gasteiger partial charge is 0.208 e. The van der Waals surface area contributed by atoms with E-state index >= 15 is 0 Å². The molecule has 0 aliphatic carbocycles. The van der Waals surface area contributed by atoms with Crippen LogP contribution in [0.2, 0.25) is 19.6 Å². The van der Waals surface area contributed by atoms with Crippen molar-refractivity contribution in [3.8, 4) is 0 Å². The molecule has 4 heteroatoms. The molecule has 1 unspecified atom stereocenters. The van der Waals surface area contributed by atoms with Gasteiger partial charge in [0.25, 0.3) is 0 Å². The van der Waals surface area contributed by atoms with Gasteiger partial charge in [0.2, 0.25) is 7.29 Å². The first-order chi connectivity index (χ1) is 13.9. The second-order valence-corrected chi connectivity index (χ2v) is 16.4. The largest absolute Gasteiger partial charge is 0.296 e. The van der Waals surface area contributed by atoms with Crippen LogP contribution in [0.15, 0.2) is 103 Å². The minimum absolute atomic E-state index is 0.134. The normalized spacial score (nSPS) is 22.0. The van der Waals surface area contributed by atoms with Gasteiger partial charge in [0.05, 0.1) is 20.2 Å².